The lowest BCUT2D eigenvalue weighted by atomic mass is 10.2. The summed E-state index contributed by atoms with van der Waals surface area (Å²) in [6.07, 6.45) is 1.50. The van der Waals surface area contributed by atoms with Crippen LogP contribution in [0.3, 0.4) is 0 Å². The topological polar surface area (TPSA) is 50.2 Å². The maximum Gasteiger partial charge on any atom is 0.355 e. The largest absolute Gasteiger partial charge is 0.476 e. The summed E-state index contributed by atoms with van der Waals surface area (Å²) in [5.74, 6) is -0.997. The summed E-state index contributed by atoms with van der Waals surface area (Å²) in [5.41, 5.74) is 2.39. The van der Waals surface area contributed by atoms with Gasteiger partial charge >= 0.3 is 5.97 Å². The minimum atomic E-state index is -0.997. The normalized spacial score (nSPS) is 10.3. The van der Waals surface area contributed by atoms with E-state index in [0.29, 0.717) is 4.90 Å². The van der Waals surface area contributed by atoms with Crippen molar-refractivity contribution in [2.24, 2.45) is 0 Å². The van der Waals surface area contributed by atoms with Gasteiger partial charge < -0.3 is 5.11 Å². The molecule has 0 unspecified atom stereocenters. The summed E-state index contributed by atoms with van der Waals surface area (Å²) in [5, 5.41) is 9.09. The first-order chi connectivity index (χ1) is 8.58. The van der Waals surface area contributed by atoms with Crippen molar-refractivity contribution in [3.8, 4) is 0 Å². The molecule has 0 atom stereocenters. The van der Waals surface area contributed by atoms with E-state index in [9.17, 15) is 4.79 Å². The zero-order valence-electron chi connectivity index (χ0n) is 10.2. The van der Waals surface area contributed by atoms with Gasteiger partial charge in [0.05, 0.1) is 0 Å². The molecule has 1 N–H and O–H groups in total. The molecule has 1 aromatic carbocycles. The van der Waals surface area contributed by atoms with E-state index >= 15 is 0 Å². The van der Waals surface area contributed by atoms with Gasteiger partial charge in [0, 0.05) is 16.0 Å². The number of rotatable bonds is 3. The summed E-state index contributed by atoms with van der Waals surface area (Å²) < 4.78 is 0. The van der Waals surface area contributed by atoms with Gasteiger partial charge in [0.25, 0.3) is 0 Å². The standard InChI is InChI=1S/C14H13NO2S/c1-9-5-6-10(2)12(8-9)18-11-4-3-7-15-13(11)14(16)17/h3-8H,1-2H3,(H,16,17). The molecule has 2 rings (SSSR count). The highest BCUT2D eigenvalue weighted by molar-refractivity contribution is 7.99. The number of pyridine rings is 1. The van der Waals surface area contributed by atoms with Crippen molar-refractivity contribution in [1.29, 1.82) is 0 Å². The zero-order chi connectivity index (χ0) is 13.1. The molecule has 0 aliphatic rings. The number of nitrogens with zero attached hydrogens (tertiary/aromatic N) is 1. The Labute approximate surface area is 110 Å². The predicted molar refractivity (Wildman–Crippen MR) is 71.2 cm³/mol. The van der Waals surface area contributed by atoms with Crippen molar-refractivity contribution >= 4 is 17.7 Å². The molecule has 1 aromatic heterocycles. The maximum atomic E-state index is 11.1. The summed E-state index contributed by atoms with van der Waals surface area (Å²) in [4.78, 5) is 16.7. The second kappa shape index (κ2) is 5.23. The van der Waals surface area contributed by atoms with Gasteiger partial charge in [0.15, 0.2) is 5.69 Å². The van der Waals surface area contributed by atoms with Crippen LogP contribution in [-0.2, 0) is 0 Å². The Morgan fingerprint density at radius 2 is 2.00 bits per heavy atom. The third-order valence-corrected chi connectivity index (χ3v) is 3.75. The van der Waals surface area contributed by atoms with Crippen molar-refractivity contribution in [2.75, 3.05) is 0 Å². The highest BCUT2D eigenvalue weighted by Crippen LogP contribution is 2.32. The fraction of sp³-hybridized carbons (Fsp3) is 0.143. The number of aromatic carboxylic acids is 1. The van der Waals surface area contributed by atoms with E-state index in [-0.39, 0.29) is 5.69 Å². The average Bonchev–Trinajstić information content (AvgIpc) is 2.34. The Kier molecular flexibility index (Phi) is 3.67. The Balaban J connectivity index is 2.40. The molecule has 2 aromatic rings. The van der Waals surface area contributed by atoms with Crippen LogP contribution in [0.4, 0.5) is 0 Å². The van der Waals surface area contributed by atoms with Gasteiger partial charge in [-0.1, -0.05) is 23.9 Å². The number of aryl methyl sites for hydroxylation is 2. The summed E-state index contributed by atoms with van der Waals surface area (Å²) in [6, 6.07) is 9.66. The molecule has 0 aliphatic heterocycles. The summed E-state index contributed by atoms with van der Waals surface area (Å²) in [7, 11) is 0. The number of carboxylic acid groups (broad SMARTS) is 1. The van der Waals surface area contributed by atoms with Crippen LogP contribution in [-0.4, -0.2) is 16.1 Å². The monoisotopic (exact) mass is 259 g/mol. The molecular weight excluding hydrogens is 246 g/mol. The summed E-state index contributed by atoms with van der Waals surface area (Å²) in [6.45, 7) is 4.03. The molecule has 0 spiro atoms. The molecule has 0 fully saturated rings. The Bertz CT molecular complexity index is 596. The van der Waals surface area contributed by atoms with Crippen LogP contribution in [0, 0.1) is 13.8 Å². The lowest BCUT2D eigenvalue weighted by molar-refractivity contribution is 0.0686. The quantitative estimate of drug-likeness (QED) is 0.915. The van der Waals surface area contributed by atoms with Crippen molar-refractivity contribution in [1.82, 2.24) is 4.98 Å². The van der Waals surface area contributed by atoms with E-state index in [1.807, 2.05) is 26.0 Å². The molecule has 0 amide bonds. The van der Waals surface area contributed by atoms with Crippen LogP contribution in [0.5, 0.6) is 0 Å². The van der Waals surface area contributed by atoms with Gasteiger partial charge in [-0.2, -0.15) is 0 Å². The number of hydrogen-bond donors (Lipinski definition) is 1. The van der Waals surface area contributed by atoms with Crippen LogP contribution >= 0.6 is 11.8 Å². The molecule has 0 bridgehead atoms. The molecule has 4 heteroatoms. The van der Waals surface area contributed by atoms with E-state index in [0.717, 1.165) is 16.0 Å². The maximum absolute atomic E-state index is 11.1. The Morgan fingerprint density at radius 3 is 2.72 bits per heavy atom. The van der Waals surface area contributed by atoms with Gasteiger partial charge in [-0.15, -0.1) is 0 Å². The smallest absolute Gasteiger partial charge is 0.355 e. The highest BCUT2D eigenvalue weighted by Gasteiger charge is 2.12. The molecule has 0 saturated carbocycles. The fourth-order valence-corrected chi connectivity index (χ4v) is 2.66. The number of carboxylic acids is 1. The van der Waals surface area contributed by atoms with Crippen LogP contribution in [0.2, 0.25) is 0 Å². The van der Waals surface area contributed by atoms with Crippen molar-refractivity contribution in [3.63, 3.8) is 0 Å². The number of carbonyl (C=O) groups is 1. The SMILES string of the molecule is Cc1ccc(C)c(Sc2cccnc2C(=O)O)c1. The molecular formula is C14H13NO2S. The Hall–Kier alpha value is -1.81. The third kappa shape index (κ3) is 2.71. The van der Waals surface area contributed by atoms with Crippen molar-refractivity contribution in [2.45, 2.75) is 23.6 Å². The van der Waals surface area contributed by atoms with Gasteiger partial charge in [0.1, 0.15) is 0 Å². The molecule has 92 valence electrons. The van der Waals surface area contributed by atoms with Crippen LogP contribution < -0.4 is 0 Å². The zero-order valence-corrected chi connectivity index (χ0v) is 11.0. The van der Waals surface area contributed by atoms with Crippen LogP contribution in [0.25, 0.3) is 0 Å². The molecule has 0 saturated heterocycles. The molecule has 18 heavy (non-hydrogen) atoms. The molecule has 3 nitrogen and oxygen atoms in total. The van der Waals surface area contributed by atoms with E-state index in [1.54, 1.807) is 12.1 Å². The first kappa shape index (κ1) is 12.6. The van der Waals surface area contributed by atoms with E-state index in [2.05, 4.69) is 11.1 Å². The van der Waals surface area contributed by atoms with E-state index < -0.39 is 5.97 Å². The van der Waals surface area contributed by atoms with Gasteiger partial charge in [-0.05, 0) is 43.2 Å². The number of hydrogen-bond acceptors (Lipinski definition) is 3. The number of aromatic nitrogens is 1. The molecule has 0 aliphatic carbocycles. The van der Waals surface area contributed by atoms with Crippen LogP contribution in [0.1, 0.15) is 21.6 Å². The van der Waals surface area contributed by atoms with Gasteiger partial charge in [-0.25, -0.2) is 9.78 Å². The van der Waals surface area contributed by atoms with E-state index in [4.69, 9.17) is 5.11 Å². The Morgan fingerprint density at radius 1 is 1.22 bits per heavy atom. The fourth-order valence-electron chi connectivity index (χ4n) is 1.57. The van der Waals surface area contributed by atoms with Crippen molar-refractivity contribution in [3.05, 3.63) is 53.3 Å². The lowest BCUT2D eigenvalue weighted by Gasteiger charge is -2.08. The highest BCUT2D eigenvalue weighted by atomic mass is 32.2. The second-order valence-corrected chi connectivity index (χ2v) is 5.11. The van der Waals surface area contributed by atoms with Crippen molar-refractivity contribution < 1.29 is 9.90 Å². The predicted octanol–water partition coefficient (Wildman–Crippen LogP) is 3.55. The minimum absolute atomic E-state index is 0.100. The van der Waals surface area contributed by atoms with E-state index in [1.165, 1.54) is 18.0 Å². The minimum Gasteiger partial charge on any atom is -0.476 e. The van der Waals surface area contributed by atoms with Gasteiger partial charge in [-0.3, -0.25) is 0 Å². The molecule has 0 radical (unpaired) electrons. The lowest BCUT2D eigenvalue weighted by Crippen LogP contribution is -2.01. The average molecular weight is 259 g/mol. The van der Waals surface area contributed by atoms with Gasteiger partial charge in [0.2, 0.25) is 0 Å². The summed E-state index contributed by atoms with van der Waals surface area (Å²) >= 11 is 1.44. The molecule has 1 heterocycles. The first-order valence-electron chi connectivity index (χ1n) is 5.51. The first-order valence-corrected chi connectivity index (χ1v) is 6.33. The third-order valence-electron chi connectivity index (χ3n) is 2.54. The second-order valence-electron chi connectivity index (χ2n) is 4.03. The number of benzene rings is 1. The van der Waals surface area contributed by atoms with Crippen LogP contribution in [0.15, 0.2) is 46.3 Å².